The first-order valence-electron chi connectivity index (χ1n) is 7.80. The zero-order chi connectivity index (χ0) is 14.6. The van der Waals surface area contributed by atoms with Crippen LogP contribution in [0, 0.1) is 5.92 Å². The molecule has 2 unspecified atom stereocenters. The molecule has 0 aromatic heterocycles. The Morgan fingerprint density at radius 1 is 1.35 bits per heavy atom. The van der Waals surface area contributed by atoms with E-state index in [9.17, 15) is 4.79 Å². The summed E-state index contributed by atoms with van der Waals surface area (Å²) in [6, 6.07) is 0.424. The van der Waals surface area contributed by atoms with Gasteiger partial charge in [0.2, 0.25) is 0 Å². The van der Waals surface area contributed by atoms with Gasteiger partial charge in [-0.15, -0.1) is 0 Å². The van der Waals surface area contributed by atoms with E-state index in [0.29, 0.717) is 6.04 Å². The summed E-state index contributed by atoms with van der Waals surface area (Å²) < 4.78 is 5.41. The Hall–Kier alpha value is -1.03. The van der Waals surface area contributed by atoms with Crippen LogP contribution in [0.4, 0.5) is 4.79 Å². The molecule has 0 aromatic rings. The topological polar surface area (TPSA) is 41.6 Å². The molecule has 114 valence electrons. The van der Waals surface area contributed by atoms with Crippen molar-refractivity contribution in [2.75, 3.05) is 19.6 Å². The third-order valence-electron chi connectivity index (χ3n) is 3.91. The summed E-state index contributed by atoms with van der Waals surface area (Å²) in [5.74, 6) is 0.760. The van der Waals surface area contributed by atoms with Crippen molar-refractivity contribution in [2.24, 2.45) is 5.92 Å². The second-order valence-corrected chi connectivity index (χ2v) is 6.97. The predicted octanol–water partition coefficient (Wildman–Crippen LogP) is 2.94. The lowest BCUT2D eigenvalue weighted by atomic mass is 9.94. The summed E-state index contributed by atoms with van der Waals surface area (Å²) in [5.41, 5.74) is -0.406. The fourth-order valence-corrected chi connectivity index (χ4v) is 2.79. The molecule has 1 amide bonds. The van der Waals surface area contributed by atoms with E-state index in [0.717, 1.165) is 32.0 Å². The smallest absolute Gasteiger partial charge is 0.410 e. The van der Waals surface area contributed by atoms with Crippen LogP contribution in [0.25, 0.3) is 0 Å². The number of allylic oxidation sites excluding steroid dienone is 2. The van der Waals surface area contributed by atoms with Gasteiger partial charge in [0.05, 0.1) is 0 Å². The van der Waals surface area contributed by atoms with Gasteiger partial charge in [0.15, 0.2) is 0 Å². The number of rotatable bonds is 3. The van der Waals surface area contributed by atoms with Gasteiger partial charge in [-0.05, 0) is 58.9 Å². The Kier molecular flexibility index (Phi) is 5.08. The highest BCUT2D eigenvalue weighted by Gasteiger charge is 2.29. The minimum atomic E-state index is -0.406. The third-order valence-corrected chi connectivity index (χ3v) is 3.91. The van der Waals surface area contributed by atoms with Gasteiger partial charge >= 0.3 is 6.09 Å². The lowest BCUT2D eigenvalue weighted by Crippen LogP contribution is -2.39. The van der Waals surface area contributed by atoms with E-state index in [1.165, 1.54) is 19.3 Å². The number of nitrogens with one attached hydrogen (secondary N) is 1. The summed E-state index contributed by atoms with van der Waals surface area (Å²) in [6.45, 7) is 8.37. The highest BCUT2D eigenvalue weighted by Crippen LogP contribution is 2.19. The van der Waals surface area contributed by atoms with Crippen LogP contribution in [-0.2, 0) is 4.74 Å². The molecule has 1 aliphatic carbocycles. The lowest BCUT2D eigenvalue weighted by Gasteiger charge is -2.25. The molecule has 4 nitrogen and oxygen atoms in total. The molecule has 1 heterocycles. The number of carbonyl (C=O) groups excluding carboxylic acids is 1. The number of amides is 1. The highest BCUT2D eigenvalue weighted by molar-refractivity contribution is 5.68. The zero-order valence-corrected chi connectivity index (χ0v) is 13.0. The molecule has 1 saturated heterocycles. The first kappa shape index (κ1) is 15.4. The average molecular weight is 280 g/mol. The van der Waals surface area contributed by atoms with Gasteiger partial charge in [-0.25, -0.2) is 4.79 Å². The standard InChI is InChI=1S/C16H28N2O2/c1-16(2,3)20-15(19)18-10-9-14(12-18)17-11-13-7-5-4-6-8-13/h4-5,13-14,17H,6-12H2,1-3H3. The molecule has 2 atom stereocenters. The molecule has 20 heavy (non-hydrogen) atoms. The van der Waals surface area contributed by atoms with Crippen LogP contribution in [0.15, 0.2) is 12.2 Å². The van der Waals surface area contributed by atoms with Crippen molar-refractivity contribution in [2.45, 2.75) is 58.1 Å². The second-order valence-electron chi connectivity index (χ2n) is 6.97. The molecule has 0 saturated carbocycles. The van der Waals surface area contributed by atoms with Gasteiger partial charge in [0, 0.05) is 19.1 Å². The number of carbonyl (C=O) groups is 1. The number of nitrogens with zero attached hydrogens (tertiary/aromatic N) is 1. The highest BCUT2D eigenvalue weighted by atomic mass is 16.6. The minimum Gasteiger partial charge on any atom is -0.444 e. The SMILES string of the molecule is CC(C)(C)OC(=O)N1CCC(NCC2CC=CCC2)C1. The molecule has 0 bridgehead atoms. The van der Waals surface area contributed by atoms with E-state index in [4.69, 9.17) is 4.74 Å². The first-order valence-corrected chi connectivity index (χ1v) is 7.80. The average Bonchev–Trinajstić information content (AvgIpc) is 2.84. The molecular formula is C16H28N2O2. The molecule has 1 fully saturated rings. The fraction of sp³-hybridized carbons (Fsp3) is 0.812. The maximum Gasteiger partial charge on any atom is 0.410 e. The Bertz CT molecular complexity index is 360. The van der Waals surface area contributed by atoms with E-state index in [2.05, 4.69) is 17.5 Å². The fourth-order valence-electron chi connectivity index (χ4n) is 2.79. The van der Waals surface area contributed by atoms with Gasteiger partial charge in [-0.1, -0.05) is 12.2 Å². The van der Waals surface area contributed by atoms with E-state index in [1.54, 1.807) is 0 Å². The van der Waals surface area contributed by atoms with Crippen LogP contribution >= 0.6 is 0 Å². The Morgan fingerprint density at radius 3 is 2.80 bits per heavy atom. The van der Waals surface area contributed by atoms with Gasteiger partial charge in [0.25, 0.3) is 0 Å². The van der Waals surface area contributed by atoms with Crippen LogP contribution in [0.3, 0.4) is 0 Å². The number of hydrogen-bond donors (Lipinski definition) is 1. The monoisotopic (exact) mass is 280 g/mol. The van der Waals surface area contributed by atoms with E-state index >= 15 is 0 Å². The second kappa shape index (κ2) is 6.61. The number of likely N-dealkylation sites (tertiary alicyclic amines) is 1. The van der Waals surface area contributed by atoms with Crippen molar-refractivity contribution in [1.82, 2.24) is 10.2 Å². The predicted molar refractivity (Wildman–Crippen MR) is 80.7 cm³/mol. The quantitative estimate of drug-likeness (QED) is 0.808. The van der Waals surface area contributed by atoms with Crippen LogP contribution in [0.5, 0.6) is 0 Å². The molecule has 2 aliphatic rings. The Morgan fingerprint density at radius 2 is 2.15 bits per heavy atom. The van der Waals surface area contributed by atoms with Crippen molar-refractivity contribution in [3.05, 3.63) is 12.2 Å². The molecule has 2 rings (SSSR count). The summed E-state index contributed by atoms with van der Waals surface area (Å²) in [6.07, 6.45) is 9.10. The van der Waals surface area contributed by atoms with Gasteiger partial charge < -0.3 is 15.0 Å². The maximum atomic E-state index is 12.0. The zero-order valence-electron chi connectivity index (χ0n) is 13.0. The number of hydrogen-bond acceptors (Lipinski definition) is 3. The molecule has 0 spiro atoms. The molecule has 0 aromatic carbocycles. The summed E-state index contributed by atoms with van der Waals surface area (Å²) in [7, 11) is 0. The Labute approximate surface area is 122 Å². The van der Waals surface area contributed by atoms with Crippen LogP contribution in [0.2, 0.25) is 0 Å². The normalized spacial score (nSPS) is 26.9. The van der Waals surface area contributed by atoms with Gasteiger partial charge in [0.1, 0.15) is 5.60 Å². The molecular weight excluding hydrogens is 252 g/mol. The summed E-state index contributed by atoms with van der Waals surface area (Å²) >= 11 is 0. The lowest BCUT2D eigenvalue weighted by molar-refractivity contribution is 0.0291. The minimum absolute atomic E-state index is 0.178. The number of ether oxygens (including phenoxy) is 1. The van der Waals surface area contributed by atoms with Crippen molar-refractivity contribution >= 4 is 6.09 Å². The first-order chi connectivity index (χ1) is 9.44. The molecule has 1 N–H and O–H groups in total. The van der Waals surface area contributed by atoms with Crippen LogP contribution in [0.1, 0.15) is 46.5 Å². The Balaban J connectivity index is 1.69. The molecule has 4 heteroatoms. The van der Waals surface area contributed by atoms with Crippen molar-refractivity contribution in [3.63, 3.8) is 0 Å². The van der Waals surface area contributed by atoms with Crippen molar-refractivity contribution < 1.29 is 9.53 Å². The molecule has 0 radical (unpaired) electrons. The van der Waals surface area contributed by atoms with E-state index < -0.39 is 5.60 Å². The molecule has 1 aliphatic heterocycles. The van der Waals surface area contributed by atoms with Crippen LogP contribution in [-0.4, -0.2) is 42.3 Å². The summed E-state index contributed by atoms with van der Waals surface area (Å²) in [5, 5.41) is 3.62. The van der Waals surface area contributed by atoms with Crippen LogP contribution < -0.4 is 5.32 Å². The van der Waals surface area contributed by atoms with Gasteiger partial charge in [-0.3, -0.25) is 0 Å². The van der Waals surface area contributed by atoms with Crippen molar-refractivity contribution in [3.8, 4) is 0 Å². The summed E-state index contributed by atoms with van der Waals surface area (Å²) in [4.78, 5) is 13.8. The van der Waals surface area contributed by atoms with E-state index in [-0.39, 0.29) is 6.09 Å². The van der Waals surface area contributed by atoms with Crippen molar-refractivity contribution in [1.29, 1.82) is 0 Å². The van der Waals surface area contributed by atoms with Gasteiger partial charge in [-0.2, -0.15) is 0 Å². The third kappa shape index (κ3) is 4.82. The maximum absolute atomic E-state index is 12.0. The van der Waals surface area contributed by atoms with E-state index in [1.807, 2.05) is 25.7 Å². The largest absolute Gasteiger partial charge is 0.444 e.